The highest BCUT2D eigenvalue weighted by molar-refractivity contribution is 6.33. The maximum absolute atomic E-state index is 12.9. The molecule has 2 aliphatic heterocycles. The predicted octanol–water partition coefficient (Wildman–Crippen LogP) is 2.79. The van der Waals surface area contributed by atoms with Crippen molar-refractivity contribution in [3.05, 3.63) is 65.2 Å². The fraction of sp³-hybridized carbons (Fsp3) is 0.333. The minimum absolute atomic E-state index is 0.0740. The number of nitrogens with zero attached hydrogens (tertiary/aromatic N) is 3. The summed E-state index contributed by atoms with van der Waals surface area (Å²) < 4.78 is 0. The van der Waals surface area contributed by atoms with Crippen LogP contribution in [-0.4, -0.2) is 53.8 Å². The van der Waals surface area contributed by atoms with Gasteiger partial charge in [0, 0.05) is 26.2 Å². The van der Waals surface area contributed by atoms with Crippen LogP contribution in [0.2, 0.25) is 5.02 Å². The molecule has 0 bridgehead atoms. The number of hydrogen-bond acceptors (Lipinski definition) is 4. The summed E-state index contributed by atoms with van der Waals surface area (Å²) in [5.74, 6) is -0.155. The lowest BCUT2D eigenvalue weighted by molar-refractivity contribution is -0.140. The first-order valence-corrected chi connectivity index (χ1v) is 9.63. The second-order valence-corrected chi connectivity index (χ2v) is 7.41. The van der Waals surface area contributed by atoms with Crippen molar-refractivity contribution in [3.8, 4) is 0 Å². The number of imide groups is 1. The minimum Gasteiger partial charge on any atom is -0.368 e. The van der Waals surface area contributed by atoms with E-state index in [2.05, 4.69) is 9.80 Å². The Morgan fingerprint density at radius 3 is 2.26 bits per heavy atom. The van der Waals surface area contributed by atoms with Gasteiger partial charge in [0.1, 0.15) is 0 Å². The highest BCUT2D eigenvalue weighted by Gasteiger charge is 2.42. The molecule has 2 saturated heterocycles. The van der Waals surface area contributed by atoms with E-state index in [1.165, 1.54) is 4.90 Å². The molecule has 2 aromatic carbocycles. The first kappa shape index (κ1) is 18.0. The summed E-state index contributed by atoms with van der Waals surface area (Å²) >= 11 is 6.30. The summed E-state index contributed by atoms with van der Waals surface area (Å²) in [4.78, 5) is 31.1. The molecule has 5 nitrogen and oxygen atoms in total. The summed E-state index contributed by atoms with van der Waals surface area (Å²) in [6.07, 6.45) is 0.276. The number of para-hydroxylation sites is 1. The summed E-state index contributed by atoms with van der Waals surface area (Å²) in [7, 11) is 0. The molecule has 1 atom stereocenters. The van der Waals surface area contributed by atoms with Gasteiger partial charge in [-0.25, -0.2) is 0 Å². The van der Waals surface area contributed by atoms with Gasteiger partial charge in [0.25, 0.3) is 0 Å². The van der Waals surface area contributed by atoms with Crippen LogP contribution in [0, 0.1) is 0 Å². The maximum atomic E-state index is 12.9. The Balaban J connectivity index is 1.39. The first-order valence-electron chi connectivity index (χ1n) is 9.25. The fourth-order valence-electron chi connectivity index (χ4n) is 3.87. The second-order valence-electron chi connectivity index (χ2n) is 7.00. The summed E-state index contributed by atoms with van der Waals surface area (Å²) in [6.45, 7) is 3.43. The van der Waals surface area contributed by atoms with Crippen molar-refractivity contribution < 1.29 is 9.59 Å². The zero-order valence-corrected chi connectivity index (χ0v) is 15.8. The lowest BCUT2D eigenvalue weighted by atomic mass is 10.1. The van der Waals surface area contributed by atoms with Crippen LogP contribution in [0.15, 0.2) is 54.6 Å². The SMILES string of the molecule is O=C1CC(N2CCN(c3ccccc3Cl)CC2)C(=O)N1Cc1ccccc1. The molecule has 1 unspecified atom stereocenters. The molecule has 2 heterocycles. The smallest absolute Gasteiger partial charge is 0.247 e. The Morgan fingerprint density at radius 2 is 1.56 bits per heavy atom. The molecule has 2 aromatic rings. The van der Waals surface area contributed by atoms with Crippen LogP contribution in [0.1, 0.15) is 12.0 Å². The molecule has 2 amide bonds. The normalized spacial score (nSPS) is 21.1. The van der Waals surface area contributed by atoms with Crippen LogP contribution < -0.4 is 4.90 Å². The van der Waals surface area contributed by atoms with E-state index in [1.807, 2.05) is 54.6 Å². The van der Waals surface area contributed by atoms with Crippen molar-refractivity contribution in [2.24, 2.45) is 0 Å². The number of carbonyl (C=O) groups is 2. The number of benzene rings is 2. The van der Waals surface area contributed by atoms with Gasteiger partial charge in [-0.15, -0.1) is 0 Å². The van der Waals surface area contributed by atoms with Crippen LogP contribution in [0.5, 0.6) is 0 Å². The van der Waals surface area contributed by atoms with Crippen molar-refractivity contribution in [1.29, 1.82) is 0 Å². The number of likely N-dealkylation sites (tertiary alicyclic amines) is 1. The van der Waals surface area contributed by atoms with Gasteiger partial charge in [0.15, 0.2) is 0 Å². The van der Waals surface area contributed by atoms with Crippen molar-refractivity contribution in [2.75, 3.05) is 31.1 Å². The zero-order valence-electron chi connectivity index (χ0n) is 15.1. The number of carbonyl (C=O) groups excluding carboxylic acids is 2. The van der Waals surface area contributed by atoms with E-state index in [0.29, 0.717) is 6.54 Å². The third-order valence-electron chi connectivity index (χ3n) is 5.35. The number of rotatable bonds is 4. The molecule has 4 rings (SSSR count). The largest absolute Gasteiger partial charge is 0.368 e. The Kier molecular flexibility index (Phi) is 5.14. The molecule has 140 valence electrons. The number of halogens is 1. The van der Waals surface area contributed by atoms with Crippen molar-refractivity contribution in [1.82, 2.24) is 9.80 Å². The van der Waals surface area contributed by atoms with Gasteiger partial charge >= 0.3 is 0 Å². The Labute approximate surface area is 164 Å². The zero-order chi connectivity index (χ0) is 18.8. The van der Waals surface area contributed by atoms with E-state index in [-0.39, 0.29) is 24.3 Å². The van der Waals surface area contributed by atoms with E-state index in [9.17, 15) is 9.59 Å². The van der Waals surface area contributed by atoms with Gasteiger partial charge in [-0.05, 0) is 17.7 Å². The number of hydrogen-bond donors (Lipinski definition) is 0. The molecule has 0 aromatic heterocycles. The Hall–Kier alpha value is -2.37. The van der Waals surface area contributed by atoms with Gasteiger partial charge in [-0.3, -0.25) is 19.4 Å². The molecular weight excluding hydrogens is 362 g/mol. The Morgan fingerprint density at radius 1 is 0.889 bits per heavy atom. The third-order valence-corrected chi connectivity index (χ3v) is 5.67. The number of piperazine rings is 1. The molecule has 0 spiro atoms. The summed E-state index contributed by atoms with van der Waals surface area (Å²) in [6, 6.07) is 17.1. The topological polar surface area (TPSA) is 43.9 Å². The van der Waals surface area contributed by atoms with Crippen molar-refractivity contribution in [3.63, 3.8) is 0 Å². The standard InChI is InChI=1S/C21H22ClN3O2/c22-17-8-4-5-9-18(17)23-10-12-24(13-11-23)19-14-20(26)25(21(19)27)15-16-6-2-1-3-7-16/h1-9,19H,10-15H2. The van der Waals surface area contributed by atoms with E-state index in [4.69, 9.17) is 11.6 Å². The van der Waals surface area contributed by atoms with Crippen LogP contribution >= 0.6 is 11.6 Å². The molecule has 6 heteroatoms. The summed E-state index contributed by atoms with van der Waals surface area (Å²) in [5, 5.41) is 0.743. The number of amides is 2. The monoisotopic (exact) mass is 383 g/mol. The van der Waals surface area contributed by atoms with E-state index >= 15 is 0 Å². The third kappa shape index (κ3) is 3.70. The predicted molar refractivity (Wildman–Crippen MR) is 106 cm³/mol. The molecule has 0 N–H and O–H groups in total. The average Bonchev–Trinajstić information content (AvgIpc) is 2.98. The lowest BCUT2D eigenvalue weighted by Gasteiger charge is -2.38. The van der Waals surface area contributed by atoms with Gasteiger partial charge in [-0.1, -0.05) is 54.1 Å². The van der Waals surface area contributed by atoms with Crippen molar-refractivity contribution >= 4 is 29.1 Å². The first-order chi connectivity index (χ1) is 13.1. The summed E-state index contributed by atoms with van der Waals surface area (Å²) in [5.41, 5.74) is 2.00. The van der Waals surface area contributed by atoms with E-state index < -0.39 is 0 Å². The Bertz CT molecular complexity index is 834. The molecule has 27 heavy (non-hydrogen) atoms. The molecule has 2 fully saturated rings. The molecule has 0 radical (unpaired) electrons. The number of anilines is 1. The van der Waals surface area contributed by atoms with Crippen LogP contribution in [0.3, 0.4) is 0 Å². The maximum Gasteiger partial charge on any atom is 0.247 e. The van der Waals surface area contributed by atoms with Gasteiger partial charge in [0.05, 0.1) is 29.7 Å². The minimum atomic E-state index is -0.338. The average molecular weight is 384 g/mol. The van der Waals surface area contributed by atoms with Gasteiger partial charge in [0.2, 0.25) is 11.8 Å². The van der Waals surface area contributed by atoms with Crippen LogP contribution in [0.4, 0.5) is 5.69 Å². The molecule has 0 saturated carbocycles. The molecular formula is C21H22ClN3O2. The highest BCUT2D eigenvalue weighted by atomic mass is 35.5. The molecule has 2 aliphatic rings. The van der Waals surface area contributed by atoms with Crippen molar-refractivity contribution in [2.45, 2.75) is 19.0 Å². The second kappa shape index (κ2) is 7.71. The van der Waals surface area contributed by atoms with Crippen LogP contribution in [-0.2, 0) is 16.1 Å². The van der Waals surface area contributed by atoms with Gasteiger partial charge in [-0.2, -0.15) is 0 Å². The van der Waals surface area contributed by atoms with Crippen LogP contribution in [0.25, 0.3) is 0 Å². The lowest BCUT2D eigenvalue weighted by Crippen LogP contribution is -2.52. The van der Waals surface area contributed by atoms with E-state index in [0.717, 1.165) is 42.5 Å². The quantitative estimate of drug-likeness (QED) is 0.761. The van der Waals surface area contributed by atoms with E-state index in [1.54, 1.807) is 0 Å². The highest BCUT2D eigenvalue weighted by Crippen LogP contribution is 2.28. The van der Waals surface area contributed by atoms with Gasteiger partial charge < -0.3 is 4.90 Å². The molecule has 0 aliphatic carbocycles. The fourth-order valence-corrected chi connectivity index (χ4v) is 4.12.